The smallest absolute Gasteiger partial charge is 0.432 e. The molecule has 6 aliphatic heterocycles. The van der Waals surface area contributed by atoms with Gasteiger partial charge in [-0.25, -0.2) is 0 Å². The second-order valence-electron chi connectivity index (χ2n) is 20.9. The molecule has 0 fully saturated rings. The van der Waals surface area contributed by atoms with Crippen molar-refractivity contribution in [2.75, 3.05) is 19.2 Å². The van der Waals surface area contributed by atoms with Gasteiger partial charge in [-0.05, 0) is 145 Å². The van der Waals surface area contributed by atoms with E-state index in [1.54, 1.807) is 0 Å². The summed E-state index contributed by atoms with van der Waals surface area (Å²) in [5.41, 5.74) is 24.5. The van der Waals surface area contributed by atoms with Crippen LogP contribution < -0.4 is 38.3 Å². The zero-order valence-electron chi connectivity index (χ0n) is 38.3. The summed E-state index contributed by atoms with van der Waals surface area (Å²) in [6.45, 7) is 27.0. The number of aryl methyl sites for hydroxylation is 4. The quantitative estimate of drug-likeness (QED) is 0.141. The van der Waals surface area contributed by atoms with E-state index in [0.717, 1.165) is 45.7 Å². The third kappa shape index (κ3) is 4.71. The third-order valence-corrected chi connectivity index (χ3v) is 16.1. The average Bonchev–Trinajstić information content (AvgIpc) is 3.90. The van der Waals surface area contributed by atoms with Crippen LogP contribution >= 0.6 is 11.3 Å². The van der Waals surface area contributed by atoms with Crippen LogP contribution in [0.1, 0.15) is 86.1 Å². The fourth-order valence-corrected chi connectivity index (χ4v) is 12.7. The van der Waals surface area contributed by atoms with Crippen LogP contribution in [-0.4, -0.2) is 14.0 Å². The minimum atomic E-state index is -0.132. The van der Waals surface area contributed by atoms with Crippen molar-refractivity contribution < 1.29 is 9.47 Å². The standard InChI is InChI=1S/C54H50B2N4O2S/c1-27-13-19-37-43(21-27)61-49-31(5)29(3)23-41-47(49)59(37)55-51-45(35-17-15-33(53(7,8)9)25-39(35)57(41)55)46-36-18-16-34(54(10,11)12)26-40(36)58-42-24-30(4)32(6)50-48(42)60(56(58)52(46)63-51)38-20-14-28(2)22-44(38)62-50/h13-26H,1-12H3. The lowest BCUT2D eigenvalue weighted by Gasteiger charge is -2.38. The molecule has 0 amide bonds. The van der Waals surface area contributed by atoms with Gasteiger partial charge in [-0.1, -0.05) is 77.9 Å². The van der Waals surface area contributed by atoms with Crippen LogP contribution in [0.4, 0.5) is 45.5 Å². The molecule has 13 rings (SSSR count). The summed E-state index contributed by atoms with van der Waals surface area (Å²) in [6.07, 6.45) is 0. The largest absolute Gasteiger partial charge is 0.453 e. The van der Waals surface area contributed by atoms with E-state index in [-0.39, 0.29) is 24.8 Å². The highest BCUT2D eigenvalue weighted by molar-refractivity contribution is 7.35. The number of rotatable bonds is 0. The molecule has 6 aromatic carbocycles. The first kappa shape index (κ1) is 37.5. The summed E-state index contributed by atoms with van der Waals surface area (Å²) < 4.78 is 16.7. The maximum absolute atomic E-state index is 7.00. The van der Waals surface area contributed by atoms with E-state index in [4.69, 9.17) is 9.47 Å². The zero-order chi connectivity index (χ0) is 43.5. The number of nitrogens with zero attached hydrogens (tertiary/aromatic N) is 4. The van der Waals surface area contributed by atoms with Crippen LogP contribution in [0.2, 0.25) is 0 Å². The topological polar surface area (TPSA) is 31.4 Å². The normalized spacial score (nSPS) is 15.4. The molecule has 0 N–H and O–H groups in total. The van der Waals surface area contributed by atoms with Crippen molar-refractivity contribution in [3.8, 4) is 45.3 Å². The summed E-state index contributed by atoms with van der Waals surface area (Å²) >= 11 is 2.00. The van der Waals surface area contributed by atoms with Gasteiger partial charge in [0.25, 0.3) is 0 Å². The van der Waals surface area contributed by atoms with E-state index in [2.05, 4.69) is 187 Å². The summed E-state index contributed by atoms with van der Waals surface area (Å²) in [6, 6.07) is 32.9. The van der Waals surface area contributed by atoms with Gasteiger partial charge in [0.2, 0.25) is 0 Å². The van der Waals surface area contributed by atoms with Crippen LogP contribution in [-0.2, 0) is 10.8 Å². The molecule has 0 radical (unpaired) electrons. The van der Waals surface area contributed by atoms with Gasteiger partial charge in [-0.3, -0.25) is 0 Å². The van der Waals surface area contributed by atoms with E-state index in [1.807, 2.05) is 11.3 Å². The Balaban J connectivity index is 1.17. The monoisotopic (exact) mass is 840 g/mol. The lowest BCUT2D eigenvalue weighted by Crippen LogP contribution is -2.55. The lowest BCUT2D eigenvalue weighted by molar-refractivity contribution is 0.474. The Morgan fingerprint density at radius 3 is 1.25 bits per heavy atom. The molecule has 0 unspecified atom stereocenters. The molecule has 0 atom stereocenters. The van der Waals surface area contributed by atoms with Gasteiger partial charge in [0.15, 0.2) is 11.5 Å². The van der Waals surface area contributed by atoms with Gasteiger partial charge in [0.1, 0.15) is 11.5 Å². The minimum absolute atomic E-state index is 0.0429. The number of anilines is 8. The second kappa shape index (κ2) is 11.9. The Labute approximate surface area is 375 Å². The van der Waals surface area contributed by atoms with Crippen LogP contribution in [0.25, 0.3) is 22.3 Å². The third-order valence-electron chi connectivity index (χ3n) is 14.9. The molecule has 310 valence electrons. The molecule has 1 aromatic heterocycles. The zero-order valence-corrected chi connectivity index (χ0v) is 39.1. The van der Waals surface area contributed by atoms with E-state index < -0.39 is 0 Å². The van der Waals surface area contributed by atoms with E-state index in [1.165, 1.54) is 99.1 Å². The first-order chi connectivity index (χ1) is 30.0. The Hall–Kier alpha value is -6.05. The molecule has 0 saturated heterocycles. The number of benzene rings is 6. The van der Waals surface area contributed by atoms with Crippen molar-refractivity contribution >= 4 is 80.4 Å². The van der Waals surface area contributed by atoms with Crippen LogP contribution in [0.5, 0.6) is 23.0 Å². The van der Waals surface area contributed by atoms with Crippen molar-refractivity contribution in [2.45, 2.75) is 93.9 Å². The Bertz CT molecular complexity index is 3070. The molecule has 0 saturated carbocycles. The first-order valence-electron chi connectivity index (χ1n) is 22.5. The number of thiophene rings is 1. The summed E-state index contributed by atoms with van der Waals surface area (Å²) in [5.74, 6) is 3.75. The van der Waals surface area contributed by atoms with Crippen molar-refractivity contribution in [2.24, 2.45) is 0 Å². The van der Waals surface area contributed by atoms with Crippen molar-refractivity contribution in [1.82, 2.24) is 0 Å². The van der Waals surface area contributed by atoms with Crippen LogP contribution in [0.3, 0.4) is 0 Å². The highest BCUT2D eigenvalue weighted by Crippen LogP contribution is 2.65. The second-order valence-corrected chi connectivity index (χ2v) is 22.0. The molecule has 0 spiro atoms. The van der Waals surface area contributed by atoms with Crippen LogP contribution in [0.15, 0.2) is 84.9 Å². The Morgan fingerprint density at radius 1 is 0.444 bits per heavy atom. The number of ether oxygens (including phenoxy) is 2. The van der Waals surface area contributed by atoms with E-state index >= 15 is 0 Å². The van der Waals surface area contributed by atoms with Gasteiger partial charge in [0, 0.05) is 43.2 Å². The molecule has 63 heavy (non-hydrogen) atoms. The fourth-order valence-electron chi connectivity index (χ4n) is 11.2. The molecule has 6 aliphatic rings. The van der Waals surface area contributed by atoms with Crippen molar-refractivity contribution in [1.29, 1.82) is 0 Å². The van der Waals surface area contributed by atoms with Gasteiger partial charge < -0.3 is 28.7 Å². The maximum Gasteiger partial charge on any atom is 0.432 e. The molecule has 9 heteroatoms. The average molecular weight is 841 g/mol. The molecular formula is C54H50B2N4O2S. The summed E-state index contributed by atoms with van der Waals surface area (Å²) in [4.78, 5) is 10.5. The fraction of sp³-hybridized carbons (Fsp3) is 0.259. The minimum Gasteiger partial charge on any atom is -0.453 e. The highest BCUT2D eigenvalue weighted by Gasteiger charge is 2.58. The SMILES string of the molecule is Cc1ccc2c(c1)Oc1c(C)c(C)cc3c1N2B1c2sc4c(c2-c2ccc(C(C)(C)C)cc2N13)-c1ccc(C(C)(C)C)cc1N1B4N2c3ccc(C)cc3Oc3c(C)c(C)cc1c32. The molecule has 6 nitrogen and oxygen atoms in total. The molecular weight excluding hydrogens is 790 g/mol. The summed E-state index contributed by atoms with van der Waals surface area (Å²) in [5, 5.41) is 0. The van der Waals surface area contributed by atoms with Gasteiger partial charge >= 0.3 is 14.0 Å². The van der Waals surface area contributed by atoms with Gasteiger partial charge in [-0.2, -0.15) is 11.3 Å². The molecule has 0 bridgehead atoms. The Morgan fingerprint density at radius 2 is 0.857 bits per heavy atom. The van der Waals surface area contributed by atoms with Crippen molar-refractivity contribution in [3.63, 3.8) is 0 Å². The molecule has 7 aromatic rings. The maximum atomic E-state index is 7.00. The van der Waals surface area contributed by atoms with Gasteiger partial charge in [-0.15, -0.1) is 0 Å². The lowest BCUT2D eigenvalue weighted by atomic mass is 9.60. The van der Waals surface area contributed by atoms with Gasteiger partial charge in [0.05, 0.1) is 34.1 Å². The predicted octanol–water partition coefficient (Wildman–Crippen LogP) is 13.7. The van der Waals surface area contributed by atoms with E-state index in [9.17, 15) is 0 Å². The molecule has 0 aliphatic carbocycles. The summed E-state index contributed by atoms with van der Waals surface area (Å²) in [7, 11) is 0. The number of fused-ring (bicyclic) bond motifs is 21. The van der Waals surface area contributed by atoms with E-state index in [0.29, 0.717) is 0 Å². The predicted molar refractivity (Wildman–Crippen MR) is 266 cm³/mol. The highest BCUT2D eigenvalue weighted by atomic mass is 32.1. The van der Waals surface area contributed by atoms with Crippen LogP contribution in [0, 0.1) is 41.5 Å². The first-order valence-corrected chi connectivity index (χ1v) is 23.3. The van der Waals surface area contributed by atoms with Crippen molar-refractivity contribution in [3.05, 3.63) is 129 Å². The number of hydrogen-bond donors (Lipinski definition) is 0. The number of hydrogen-bond acceptors (Lipinski definition) is 7. The Kier molecular flexibility index (Phi) is 7.11. The molecule has 7 heterocycles.